The lowest BCUT2D eigenvalue weighted by molar-refractivity contribution is -0.460. The van der Waals surface area contributed by atoms with E-state index in [9.17, 15) is 0 Å². The van der Waals surface area contributed by atoms with E-state index in [1.165, 1.54) is 0 Å². The van der Waals surface area contributed by atoms with Crippen molar-refractivity contribution in [2.45, 2.75) is 6.42 Å². The zero-order valence-corrected chi connectivity index (χ0v) is 7.49. The van der Waals surface area contributed by atoms with Crippen LogP contribution >= 0.6 is 0 Å². The topological polar surface area (TPSA) is 93.7 Å². The summed E-state index contributed by atoms with van der Waals surface area (Å²) in [6, 6.07) is 0. The highest BCUT2D eigenvalue weighted by Crippen LogP contribution is 2.00. The molecule has 0 aromatic carbocycles. The molecule has 1 aliphatic rings. The summed E-state index contributed by atoms with van der Waals surface area (Å²) in [5, 5.41) is 0. The van der Waals surface area contributed by atoms with Crippen molar-refractivity contribution in [2.24, 2.45) is 11.5 Å². The van der Waals surface area contributed by atoms with Gasteiger partial charge in [0, 0.05) is 6.61 Å². The zero-order chi connectivity index (χ0) is 9.52. The van der Waals surface area contributed by atoms with Gasteiger partial charge in [-0.25, -0.2) is 0 Å². The van der Waals surface area contributed by atoms with Crippen molar-refractivity contribution in [2.75, 3.05) is 26.4 Å². The highest BCUT2D eigenvalue weighted by atomic mass is 16.8. The van der Waals surface area contributed by atoms with Gasteiger partial charge in [-0.3, -0.25) is 16.5 Å². The average molecular weight is 188 g/mol. The van der Waals surface area contributed by atoms with Crippen LogP contribution in [0.2, 0.25) is 0 Å². The normalized spacial score (nSPS) is 16.2. The molecule has 1 rings (SSSR count). The first-order valence-electron chi connectivity index (χ1n) is 4.25. The van der Waals surface area contributed by atoms with Crippen LogP contribution in [0.25, 0.3) is 0 Å². The Balaban J connectivity index is 1.91. The van der Waals surface area contributed by atoms with Crippen LogP contribution in [-0.4, -0.2) is 39.6 Å². The quantitative estimate of drug-likeness (QED) is 0.182. The highest BCUT2D eigenvalue weighted by Gasteiger charge is 2.25. The van der Waals surface area contributed by atoms with Gasteiger partial charge in [0.05, 0.1) is 19.8 Å². The molecule has 1 saturated heterocycles. The van der Waals surface area contributed by atoms with Crippen molar-refractivity contribution in [3.63, 3.8) is 0 Å². The lowest BCUT2D eigenvalue weighted by atomic mass is 10.2. The van der Waals surface area contributed by atoms with Gasteiger partial charge in [0.1, 0.15) is 0 Å². The number of guanidine groups is 1. The Morgan fingerprint density at radius 1 is 1.38 bits per heavy atom. The second-order valence-corrected chi connectivity index (χ2v) is 2.64. The first kappa shape index (κ1) is 10.3. The van der Waals surface area contributed by atoms with Gasteiger partial charge < -0.3 is 14.0 Å². The number of rotatable bonds is 5. The summed E-state index contributed by atoms with van der Waals surface area (Å²) in [5.41, 5.74) is 10.4. The summed E-state index contributed by atoms with van der Waals surface area (Å²) >= 11 is 0. The lowest BCUT2D eigenvalue weighted by Crippen LogP contribution is -2.78. The minimum absolute atomic E-state index is 0.230. The van der Waals surface area contributed by atoms with Crippen LogP contribution in [0.1, 0.15) is 6.42 Å². The third kappa shape index (κ3) is 4.71. The van der Waals surface area contributed by atoms with Crippen LogP contribution < -0.4 is 16.5 Å². The SMILES string of the molecule is NC(N)=[NH+]CCCOB1OCCO1. The summed E-state index contributed by atoms with van der Waals surface area (Å²) in [6.45, 7) is 2.46. The monoisotopic (exact) mass is 188 g/mol. The van der Waals surface area contributed by atoms with E-state index in [0.717, 1.165) is 6.42 Å². The number of nitrogens with two attached hydrogens (primary N) is 2. The van der Waals surface area contributed by atoms with E-state index in [1.54, 1.807) is 0 Å². The smallest absolute Gasteiger partial charge is 0.386 e. The van der Waals surface area contributed by atoms with Crippen LogP contribution in [0.5, 0.6) is 0 Å². The molecular formula is C6H15BN3O3+. The Kier molecular flexibility index (Phi) is 4.59. The van der Waals surface area contributed by atoms with Crippen molar-refractivity contribution in [1.82, 2.24) is 0 Å². The van der Waals surface area contributed by atoms with E-state index >= 15 is 0 Å². The summed E-state index contributed by atoms with van der Waals surface area (Å²) < 4.78 is 15.3. The fourth-order valence-corrected chi connectivity index (χ4v) is 0.917. The van der Waals surface area contributed by atoms with E-state index in [-0.39, 0.29) is 5.96 Å². The standard InChI is InChI=1S/C6H14BN3O3/c8-6(9)10-2-1-3-11-7-12-4-5-13-7/h1-5H2,(H4,8,9,10)/p+1. The first-order valence-corrected chi connectivity index (χ1v) is 4.25. The van der Waals surface area contributed by atoms with Crippen molar-refractivity contribution in [3.8, 4) is 0 Å². The fraction of sp³-hybridized carbons (Fsp3) is 0.833. The molecule has 0 amide bonds. The molecule has 1 heterocycles. The third-order valence-electron chi connectivity index (χ3n) is 1.50. The van der Waals surface area contributed by atoms with Crippen LogP contribution in [0, 0.1) is 0 Å². The number of hydrogen-bond donors (Lipinski definition) is 3. The molecule has 13 heavy (non-hydrogen) atoms. The molecule has 0 spiro atoms. The molecule has 0 aliphatic carbocycles. The van der Waals surface area contributed by atoms with Gasteiger partial charge >= 0.3 is 13.3 Å². The molecule has 0 bridgehead atoms. The second-order valence-electron chi connectivity index (χ2n) is 2.64. The van der Waals surface area contributed by atoms with Gasteiger partial charge in [-0.1, -0.05) is 0 Å². The lowest BCUT2D eigenvalue weighted by Gasteiger charge is -2.03. The Morgan fingerprint density at radius 3 is 2.69 bits per heavy atom. The fourth-order valence-electron chi connectivity index (χ4n) is 0.917. The Morgan fingerprint density at radius 2 is 2.08 bits per heavy atom. The average Bonchev–Trinajstić information content (AvgIpc) is 2.55. The maximum absolute atomic E-state index is 5.21. The Labute approximate surface area is 77.4 Å². The Hall–Kier alpha value is -0.785. The Bertz CT molecular complexity index is 169. The first-order chi connectivity index (χ1) is 6.29. The largest absolute Gasteiger partial charge is 0.639 e. The minimum atomic E-state index is -0.487. The van der Waals surface area contributed by atoms with Crippen LogP contribution in [0.3, 0.4) is 0 Å². The van der Waals surface area contributed by atoms with Crippen molar-refractivity contribution in [3.05, 3.63) is 0 Å². The molecule has 7 heteroatoms. The van der Waals surface area contributed by atoms with Crippen molar-refractivity contribution in [1.29, 1.82) is 0 Å². The molecule has 1 fully saturated rings. The summed E-state index contributed by atoms with van der Waals surface area (Å²) in [6.07, 6.45) is 0.807. The molecule has 0 aromatic heterocycles. The maximum atomic E-state index is 5.21. The molecule has 0 radical (unpaired) electrons. The van der Waals surface area contributed by atoms with Crippen LogP contribution in [0.15, 0.2) is 0 Å². The molecule has 6 nitrogen and oxygen atoms in total. The van der Waals surface area contributed by atoms with Gasteiger partial charge in [-0.15, -0.1) is 0 Å². The maximum Gasteiger partial charge on any atom is 0.639 e. The second kappa shape index (κ2) is 5.79. The van der Waals surface area contributed by atoms with Gasteiger partial charge in [0.25, 0.3) is 0 Å². The molecule has 0 aromatic rings. The van der Waals surface area contributed by atoms with Crippen molar-refractivity contribution < 1.29 is 19.0 Å². The molecular weight excluding hydrogens is 173 g/mol. The molecule has 0 saturated carbocycles. The van der Waals surface area contributed by atoms with E-state index in [0.29, 0.717) is 26.4 Å². The predicted octanol–water partition coefficient (Wildman–Crippen LogP) is -3.22. The van der Waals surface area contributed by atoms with Gasteiger partial charge in [-0.05, 0) is 6.42 Å². The molecule has 5 N–H and O–H groups in total. The predicted molar refractivity (Wildman–Crippen MR) is 47.4 cm³/mol. The van der Waals surface area contributed by atoms with E-state index < -0.39 is 7.32 Å². The molecule has 0 atom stereocenters. The molecule has 1 aliphatic heterocycles. The molecule has 0 unspecified atom stereocenters. The number of nitrogens with one attached hydrogen (secondary N) is 1. The van der Waals surface area contributed by atoms with Crippen LogP contribution in [-0.2, 0) is 14.0 Å². The van der Waals surface area contributed by atoms with Crippen molar-refractivity contribution >= 4 is 13.3 Å². The highest BCUT2D eigenvalue weighted by molar-refractivity contribution is 6.36. The van der Waals surface area contributed by atoms with Crippen LogP contribution in [0.4, 0.5) is 0 Å². The molecule has 74 valence electrons. The van der Waals surface area contributed by atoms with E-state index in [2.05, 4.69) is 4.99 Å². The minimum Gasteiger partial charge on any atom is -0.386 e. The van der Waals surface area contributed by atoms with Gasteiger partial charge in [0.15, 0.2) is 0 Å². The summed E-state index contributed by atoms with van der Waals surface area (Å²) in [5.74, 6) is 0.230. The zero-order valence-electron chi connectivity index (χ0n) is 7.49. The summed E-state index contributed by atoms with van der Waals surface area (Å²) in [7, 11) is -0.487. The van der Waals surface area contributed by atoms with E-state index in [4.69, 9.17) is 25.4 Å². The third-order valence-corrected chi connectivity index (χ3v) is 1.50. The van der Waals surface area contributed by atoms with Gasteiger partial charge in [-0.2, -0.15) is 0 Å². The van der Waals surface area contributed by atoms with E-state index in [1.807, 2.05) is 0 Å². The van der Waals surface area contributed by atoms with Gasteiger partial charge in [0.2, 0.25) is 0 Å². The number of hydrogen-bond acceptors (Lipinski definition) is 3. The summed E-state index contributed by atoms with van der Waals surface area (Å²) in [4.78, 5) is 2.78.